The van der Waals surface area contributed by atoms with E-state index in [4.69, 9.17) is 0 Å². The smallest absolute Gasteiger partial charge is 0.245 e. The fourth-order valence-electron chi connectivity index (χ4n) is 4.48. The summed E-state index contributed by atoms with van der Waals surface area (Å²) in [6.07, 6.45) is 4.33. The Labute approximate surface area is 212 Å². The number of hydrogen-bond donors (Lipinski definition) is 2. The third kappa shape index (κ3) is 5.59. The Hall–Kier alpha value is -3.27. The highest BCUT2D eigenvalue weighted by molar-refractivity contribution is 7.89. The maximum absolute atomic E-state index is 12.9. The van der Waals surface area contributed by atoms with Crippen molar-refractivity contribution in [3.8, 4) is 11.3 Å². The third-order valence-corrected chi connectivity index (χ3v) is 7.85. The van der Waals surface area contributed by atoms with E-state index in [1.165, 1.54) is 31.5 Å². The van der Waals surface area contributed by atoms with Gasteiger partial charge in [-0.25, -0.2) is 22.6 Å². The van der Waals surface area contributed by atoms with Gasteiger partial charge in [-0.15, -0.1) is 5.10 Å². The van der Waals surface area contributed by atoms with Crippen molar-refractivity contribution in [2.24, 2.45) is 0 Å². The fraction of sp³-hybridized carbons (Fsp3) is 0.333. The molecule has 0 amide bonds. The average molecular weight is 505 g/mol. The fourth-order valence-corrected chi connectivity index (χ4v) is 5.95. The molecular formula is C27H32N6O2S. The molecule has 1 aliphatic rings. The molecule has 0 saturated carbocycles. The van der Waals surface area contributed by atoms with Gasteiger partial charge in [-0.2, -0.15) is 0 Å². The van der Waals surface area contributed by atoms with Crippen molar-refractivity contribution in [1.29, 1.82) is 0 Å². The number of aromatic nitrogens is 3. The van der Waals surface area contributed by atoms with Gasteiger partial charge in [-0.1, -0.05) is 24.3 Å². The second kappa shape index (κ2) is 9.65. The molecule has 8 nitrogen and oxygen atoms in total. The number of nitrogens with zero attached hydrogens (tertiary/aromatic N) is 4. The predicted octanol–water partition coefficient (Wildman–Crippen LogP) is 4.81. The second-order valence-corrected chi connectivity index (χ2v) is 12.0. The summed E-state index contributed by atoms with van der Waals surface area (Å²) in [5, 5.41) is 7.97. The molecule has 188 valence electrons. The molecule has 1 fully saturated rings. The monoisotopic (exact) mass is 504 g/mol. The molecule has 2 aromatic carbocycles. The summed E-state index contributed by atoms with van der Waals surface area (Å²) in [7, 11) is -3.65. The number of benzene rings is 2. The lowest BCUT2D eigenvalue weighted by molar-refractivity contribution is 0.331. The number of likely N-dealkylation sites (tertiary alicyclic amines) is 1. The molecule has 1 saturated heterocycles. The van der Waals surface area contributed by atoms with E-state index in [2.05, 4.69) is 37.2 Å². The van der Waals surface area contributed by atoms with E-state index in [9.17, 15) is 8.42 Å². The van der Waals surface area contributed by atoms with E-state index in [0.29, 0.717) is 5.95 Å². The van der Waals surface area contributed by atoms with Crippen LogP contribution in [0.3, 0.4) is 0 Å². The molecule has 0 spiro atoms. The second-order valence-electron chi connectivity index (χ2n) is 10.3. The molecule has 0 aliphatic carbocycles. The Morgan fingerprint density at radius 2 is 1.72 bits per heavy atom. The molecule has 0 unspecified atom stereocenters. The number of rotatable bonds is 7. The molecule has 9 heteroatoms. The van der Waals surface area contributed by atoms with Gasteiger partial charge in [-0.3, -0.25) is 4.90 Å². The zero-order chi connectivity index (χ0) is 25.3. The van der Waals surface area contributed by atoms with Gasteiger partial charge < -0.3 is 5.32 Å². The summed E-state index contributed by atoms with van der Waals surface area (Å²) in [5.74, 6) is 0.463. The molecule has 2 aromatic heterocycles. The van der Waals surface area contributed by atoms with Crippen LogP contribution in [0.4, 0.5) is 11.6 Å². The molecule has 0 atom stereocenters. The highest BCUT2D eigenvalue weighted by Gasteiger charge is 2.22. The number of hydrogen-bond acceptors (Lipinski definition) is 6. The van der Waals surface area contributed by atoms with E-state index in [1.807, 2.05) is 51.1 Å². The predicted molar refractivity (Wildman–Crippen MR) is 143 cm³/mol. The zero-order valence-corrected chi connectivity index (χ0v) is 21.7. The quantitative estimate of drug-likeness (QED) is 0.375. The Balaban J connectivity index is 1.38. The first-order valence-corrected chi connectivity index (χ1v) is 13.7. The SMILES string of the molecule is CC(C)(C)NS(=O)(=O)c1cccc(-c2ccc3cnc(Nc4ccc(CN5CCCC5)cc4)nn23)c1. The van der Waals surface area contributed by atoms with E-state index in [0.717, 1.165) is 29.0 Å². The van der Waals surface area contributed by atoms with Crippen molar-refractivity contribution in [3.63, 3.8) is 0 Å². The van der Waals surface area contributed by atoms with E-state index in [-0.39, 0.29) is 4.90 Å². The average Bonchev–Trinajstić information content (AvgIpc) is 3.49. The number of nitrogens with one attached hydrogen (secondary N) is 2. The molecule has 2 N–H and O–H groups in total. The molecule has 5 rings (SSSR count). The van der Waals surface area contributed by atoms with Crippen LogP contribution in [0, 0.1) is 0 Å². The lowest BCUT2D eigenvalue weighted by Crippen LogP contribution is -2.40. The standard InChI is InChI=1S/C27H32N6O2S/c1-27(2,3)31-36(34,35)24-8-6-7-21(17-24)25-14-13-23-18-28-26(30-33(23)25)29-22-11-9-20(10-12-22)19-32-15-4-5-16-32/h6-14,17-18,31H,4-5,15-16,19H2,1-3H3,(H,29,30). The van der Waals surface area contributed by atoms with E-state index >= 15 is 0 Å². The Morgan fingerprint density at radius 3 is 2.44 bits per heavy atom. The lowest BCUT2D eigenvalue weighted by atomic mass is 10.1. The summed E-state index contributed by atoms with van der Waals surface area (Å²) in [5.41, 5.74) is 3.98. The Morgan fingerprint density at radius 1 is 0.972 bits per heavy atom. The molecule has 36 heavy (non-hydrogen) atoms. The summed E-state index contributed by atoms with van der Waals surface area (Å²) in [6, 6.07) is 19.1. The largest absolute Gasteiger partial charge is 0.323 e. The van der Waals surface area contributed by atoms with Crippen LogP contribution in [0.25, 0.3) is 16.8 Å². The van der Waals surface area contributed by atoms with Gasteiger partial charge in [0.05, 0.1) is 22.3 Å². The van der Waals surface area contributed by atoms with Gasteiger partial charge in [0.1, 0.15) is 0 Å². The van der Waals surface area contributed by atoms with Gasteiger partial charge >= 0.3 is 0 Å². The summed E-state index contributed by atoms with van der Waals surface area (Å²) >= 11 is 0. The van der Waals surface area contributed by atoms with Crippen molar-refractivity contribution < 1.29 is 8.42 Å². The molecule has 0 bridgehead atoms. The van der Waals surface area contributed by atoms with Crippen LogP contribution in [0.15, 0.2) is 71.8 Å². The van der Waals surface area contributed by atoms with E-state index in [1.54, 1.807) is 28.9 Å². The van der Waals surface area contributed by atoms with Crippen molar-refractivity contribution in [1.82, 2.24) is 24.2 Å². The van der Waals surface area contributed by atoms with Gasteiger partial charge in [0.15, 0.2) is 0 Å². The maximum Gasteiger partial charge on any atom is 0.245 e. The number of sulfonamides is 1. The third-order valence-electron chi connectivity index (χ3n) is 6.09. The molecule has 3 heterocycles. The first-order chi connectivity index (χ1) is 17.2. The molecule has 1 aliphatic heterocycles. The summed E-state index contributed by atoms with van der Waals surface area (Å²) < 4.78 is 30.2. The number of anilines is 2. The number of fused-ring (bicyclic) bond motifs is 1. The minimum Gasteiger partial charge on any atom is -0.323 e. The van der Waals surface area contributed by atoms with Gasteiger partial charge in [0.25, 0.3) is 0 Å². The minimum atomic E-state index is -3.65. The van der Waals surface area contributed by atoms with Crippen molar-refractivity contribution in [2.75, 3.05) is 18.4 Å². The first-order valence-electron chi connectivity index (χ1n) is 12.2. The van der Waals surface area contributed by atoms with Crippen LogP contribution in [0.5, 0.6) is 0 Å². The minimum absolute atomic E-state index is 0.214. The van der Waals surface area contributed by atoms with Crippen molar-refractivity contribution in [2.45, 2.75) is 50.6 Å². The van der Waals surface area contributed by atoms with Crippen LogP contribution < -0.4 is 10.0 Å². The normalized spacial score (nSPS) is 15.0. The van der Waals surface area contributed by atoms with Crippen LogP contribution in [-0.2, 0) is 16.6 Å². The van der Waals surface area contributed by atoms with Crippen LogP contribution in [0.1, 0.15) is 39.2 Å². The van der Waals surface area contributed by atoms with Crippen molar-refractivity contribution >= 4 is 27.2 Å². The summed E-state index contributed by atoms with van der Waals surface area (Å²) in [4.78, 5) is 7.15. The van der Waals surface area contributed by atoms with Gasteiger partial charge in [0.2, 0.25) is 16.0 Å². The summed E-state index contributed by atoms with van der Waals surface area (Å²) in [6.45, 7) is 8.80. The van der Waals surface area contributed by atoms with Gasteiger partial charge in [0, 0.05) is 23.3 Å². The Bertz CT molecular complexity index is 1470. The van der Waals surface area contributed by atoms with Crippen LogP contribution in [-0.4, -0.2) is 46.5 Å². The van der Waals surface area contributed by atoms with Crippen LogP contribution >= 0.6 is 0 Å². The Kier molecular flexibility index (Phi) is 6.55. The van der Waals surface area contributed by atoms with E-state index < -0.39 is 15.6 Å². The maximum atomic E-state index is 12.9. The van der Waals surface area contributed by atoms with Crippen molar-refractivity contribution in [3.05, 3.63) is 72.4 Å². The highest BCUT2D eigenvalue weighted by atomic mass is 32.2. The molecular weight excluding hydrogens is 472 g/mol. The highest BCUT2D eigenvalue weighted by Crippen LogP contribution is 2.26. The lowest BCUT2D eigenvalue weighted by Gasteiger charge is -2.20. The molecule has 0 radical (unpaired) electrons. The topological polar surface area (TPSA) is 91.6 Å². The van der Waals surface area contributed by atoms with Crippen LogP contribution in [0.2, 0.25) is 0 Å². The first kappa shape index (κ1) is 24.4. The van der Waals surface area contributed by atoms with Gasteiger partial charge in [-0.05, 0) is 88.7 Å². The molecule has 4 aromatic rings. The zero-order valence-electron chi connectivity index (χ0n) is 20.9.